The molecule has 0 unspecified atom stereocenters. The Morgan fingerprint density at radius 3 is 2.57 bits per heavy atom. The van der Waals surface area contributed by atoms with Crippen LogP contribution < -0.4 is 14.8 Å². The normalized spacial score (nSPS) is 10.5. The summed E-state index contributed by atoms with van der Waals surface area (Å²) in [6.07, 6.45) is 1.76. The van der Waals surface area contributed by atoms with Crippen LogP contribution in [0.2, 0.25) is 0 Å². The number of nitrogens with one attached hydrogen (secondary N) is 1. The van der Waals surface area contributed by atoms with Crippen molar-refractivity contribution >= 4 is 39.3 Å². The molecule has 3 aromatic rings. The van der Waals surface area contributed by atoms with Crippen LogP contribution in [0.5, 0.6) is 11.5 Å². The lowest BCUT2D eigenvalue weighted by Crippen LogP contribution is -2.14. The third-order valence-electron chi connectivity index (χ3n) is 4.13. The third kappa shape index (κ3) is 5.22. The number of hydrogen-bond acceptors (Lipinski definition) is 6. The number of carbonyl (C=O) groups excluding carboxylic acids is 1. The number of benzene rings is 2. The third-order valence-corrected chi connectivity index (χ3v) is 5.63. The van der Waals surface area contributed by atoms with Crippen molar-refractivity contribution in [1.29, 1.82) is 0 Å². The zero-order chi connectivity index (χ0) is 21.5. The molecule has 9 heteroatoms. The molecule has 0 radical (unpaired) electrons. The van der Waals surface area contributed by atoms with Gasteiger partial charge in [-0.1, -0.05) is 33.8 Å². The van der Waals surface area contributed by atoms with Gasteiger partial charge in [-0.2, -0.15) is 0 Å². The number of rotatable bonds is 9. The molecule has 0 atom stereocenters. The van der Waals surface area contributed by atoms with Gasteiger partial charge < -0.3 is 14.8 Å². The highest BCUT2D eigenvalue weighted by Crippen LogP contribution is 2.33. The molecule has 1 heterocycles. The second-order valence-corrected chi connectivity index (χ2v) is 7.98. The molecule has 0 saturated carbocycles. The average Bonchev–Trinajstić information content (AvgIpc) is 3.16. The van der Waals surface area contributed by atoms with Crippen molar-refractivity contribution in [3.05, 3.63) is 59.6 Å². The second-order valence-electron chi connectivity index (χ2n) is 6.12. The maximum absolute atomic E-state index is 12.3. The van der Waals surface area contributed by atoms with Crippen LogP contribution in [0.3, 0.4) is 0 Å². The van der Waals surface area contributed by atoms with Crippen LogP contribution in [-0.2, 0) is 11.3 Å². The lowest BCUT2D eigenvalue weighted by Gasteiger charge is -2.11. The van der Waals surface area contributed by atoms with Crippen LogP contribution in [0.25, 0.3) is 11.4 Å². The van der Waals surface area contributed by atoms with E-state index in [2.05, 4.69) is 38.0 Å². The summed E-state index contributed by atoms with van der Waals surface area (Å²) in [5.41, 5.74) is 1.57. The highest BCUT2D eigenvalue weighted by molar-refractivity contribution is 9.10. The minimum Gasteiger partial charge on any atom is -0.493 e. The maximum atomic E-state index is 12.3. The van der Waals surface area contributed by atoms with Crippen LogP contribution in [0.1, 0.15) is 0 Å². The van der Waals surface area contributed by atoms with Gasteiger partial charge in [0, 0.05) is 22.3 Å². The molecule has 0 saturated heterocycles. The van der Waals surface area contributed by atoms with Crippen LogP contribution in [0, 0.1) is 0 Å². The summed E-state index contributed by atoms with van der Waals surface area (Å²) in [5.74, 6) is 1.98. The molecule has 7 nitrogen and oxygen atoms in total. The smallest absolute Gasteiger partial charge is 0.234 e. The van der Waals surface area contributed by atoms with E-state index < -0.39 is 0 Å². The molecule has 1 amide bonds. The number of allylic oxidation sites excluding steroid dienone is 1. The molecular weight excluding hydrogens is 468 g/mol. The monoisotopic (exact) mass is 488 g/mol. The van der Waals surface area contributed by atoms with E-state index >= 15 is 0 Å². The first-order valence-corrected chi connectivity index (χ1v) is 10.8. The van der Waals surface area contributed by atoms with Gasteiger partial charge in [0.05, 0.1) is 20.0 Å². The number of ether oxygens (including phenoxy) is 2. The van der Waals surface area contributed by atoms with Gasteiger partial charge in [-0.3, -0.25) is 9.36 Å². The van der Waals surface area contributed by atoms with Gasteiger partial charge in [-0.15, -0.1) is 16.8 Å². The van der Waals surface area contributed by atoms with E-state index in [1.54, 1.807) is 20.3 Å². The van der Waals surface area contributed by atoms with Gasteiger partial charge in [0.15, 0.2) is 22.5 Å². The molecule has 156 valence electrons. The molecule has 0 spiro atoms. The molecule has 0 aliphatic carbocycles. The number of carbonyl (C=O) groups is 1. The van der Waals surface area contributed by atoms with E-state index in [-0.39, 0.29) is 11.7 Å². The van der Waals surface area contributed by atoms with Crippen molar-refractivity contribution in [1.82, 2.24) is 14.8 Å². The summed E-state index contributed by atoms with van der Waals surface area (Å²) in [5, 5.41) is 12.1. The van der Waals surface area contributed by atoms with E-state index in [1.807, 2.05) is 47.0 Å². The molecule has 1 aromatic heterocycles. The highest BCUT2D eigenvalue weighted by atomic mass is 79.9. The standard InChI is InChI=1S/C21H21BrN4O3S/c1-4-11-26-20(14-5-10-17(28-2)18(12-14)29-3)24-25-21(26)30-13-19(27)23-16-8-6-15(22)7-9-16/h4-10,12H,1,11,13H2,2-3H3,(H,23,27). The lowest BCUT2D eigenvalue weighted by atomic mass is 10.2. The van der Waals surface area contributed by atoms with E-state index in [4.69, 9.17) is 9.47 Å². The van der Waals surface area contributed by atoms with Gasteiger partial charge in [-0.05, 0) is 42.5 Å². The number of methoxy groups -OCH3 is 2. The topological polar surface area (TPSA) is 78.3 Å². The van der Waals surface area contributed by atoms with Gasteiger partial charge in [0.25, 0.3) is 0 Å². The van der Waals surface area contributed by atoms with E-state index in [0.717, 1.165) is 15.7 Å². The molecule has 0 aliphatic heterocycles. The first-order chi connectivity index (χ1) is 14.5. The van der Waals surface area contributed by atoms with Gasteiger partial charge in [0.2, 0.25) is 5.91 Å². The molecule has 30 heavy (non-hydrogen) atoms. The van der Waals surface area contributed by atoms with Crippen molar-refractivity contribution in [3.63, 3.8) is 0 Å². The summed E-state index contributed by atoms with van der Waals surface area (Å²) in [4.78, 5) is 12.3. The number of nitrogens with zero attached hydrogens (tertiary/aromatic N) is 3. The SMILES string of the molecule is C=CCn1c(SCC(=O)Nc2ccc(Br)cc2)nnc1-c1ccc(OC)c(OC)c1. The van der Waals surface area contributed by atoms with Crippen LogP contribution in [0.15, 0.2) is 64.7 Å². The minimum atomic E-state index is -0.122. The average molecular weight is 489 g/mol. The molecule has 0 fully saturated rings. The predicted octanol–water partition coefficient (Wildman–Crippen LogP) is 4.64. The van der Waals surface area contributed by atoms with E-state index in [1.165, 1.54) is 11.8 Å². The summed E-state index contributed by atoms with van der Waals surface area (Å²) < 4.78 is 13.5. The Hall–Kier alpha value is -2.78. The number of amides is 1. The molecule has 2 aromatic carbocycles. The number of aromatic nitrogens is 3. The van der Waals surface area contributed by atoms with Crippen LogP contribution >= 0.6 is 27.7 Å². The maximum Gasteiger partial charge on any atom is 0.234 e. The summed E-state index contributed by atoms with van der Waals surface area (Å²) in [7, 11) is 3.17. The van der Waals surface area contributed by atoms with Gasteiger partial charge >= 0.3 is 0 Å². The first kappa shape index (κ1) is 21.9. The van der Waals surface area contributed by atoms with E-state index in [9.17, 15) is 4.79 Å². The zero-order valence-electron chi connectivity index (χ0n) is 16.6. The molecular formula is C21H21BrN4O3S. The Kier molecular flexibility index (Phi) is 7.53. The quantitative estimate of drug-likeness (QED) is 0.349. The fraction of sp³-hybridized carbons (Fsp3) is 0.190. The van der Waals surface area contributed by atoms with Crippen molar-refractivity contribution in [2.24, 2.45) is 0 Å². The highest BCUT2D eigenvalue weighted by Gasteiger charge is 2.17. The zero-order valence-corrected chi connectivity index (χ0v) is 19.0. The number of hydrogen-bond donors (Lipinski definition) is 1. The minimum absolute atomic E-state index is 0.122. The molecule has 0 bridgehead atoms. The molecule has 0 aliphatic rings. The van der Waals surface area contributed by atoms with Gasteiger partial charge in [-0.25, -0.2) is 0 Å². The van der Waals surface area contributed by atoms with E-state index in [0.29, 0.717) is 29.0 Å². The Morgan fingerprint density at radius 2 is 1.90 bits per heavy atom. The Balaban J connectivity index is 1.76. The van der Waals surface area contributed by atoms with Crippen molar-refractivity contribution < 1.29 is 14.3 Å². The Morgan fingerprint density at radius 1 is 1.17 bits per heavy atom. The number of halogens is 1. The Labute approximate surface area is 187 Å². The fourth-order valence-corrected chi connectivity index (χ4v) is 3.75. The van der Waals surface area contributed by atoms with Crippen molar-refractivity contribution in [2.75, 3.05) is 25.3 Å². The van der Waals surface area contributed by atoms with Crippen molar-refractivity contribution in [3.8, 4) is 22.9 Å². The summed E-state index contributed by atoms with van der Waals surface area (Å²) >= 11 is 4.69. The first-order valence-electron chi connectivity index (χ1n) is 9.00. The number of anilines is 1. The molecule has 3 rings (SSSR count). The Bertz CT molecular complexity index is 1040. The van der Waals surface area contributed by atoms with Crippen LogP contribution in [-0.4, -0.2) is 40.6 Å². The van der Waals surface area contributed by atoms with Crippen molar-refractivity contribution in [2.45, 2.75) is 11.7 Å². The number of thioether (sulfide) groups is 1. The fourth-order valence-electron chi connectivity index (χ4n) is 2.74. The van der Waals surface area contributed by atoms with Crippen LogP contribution in [0.4, 0.5) is 5.69 Å². The summed E-state index contributed by atoms with van der Waals surface area (Å²) in [6.45, 7) is 4.32. The lowest BCUT2D eigenvalue weighted by molar-refractivity contribution is -0.113. The largest absolute Gasteiger partial charge is 0.493 e. The second kappa shape index (κ2) is 10.3. The molecule has 1 N–H and O–H groups in total. The summed E-state index contributed by atoms with van der Waals surface area (Å²) in [6, 6.07) is 13.0. The van der Waals surface area contributed by atoms with Gasteiger partial charge in [0.1, 0.15) is 0 Å². The predicted molar refractivity (Wildman–Crippen MR) is 122 cm³/mol.